The van der Waals surface area contributed by atoms with Gasteiger partial charge < -0.3 is 33.1 Å². The summed E-state index contributed by atoms with van der Waals surface area (Å²) < 4.78 is 32.4. The summed E-state index contributed by atoms with van der Waals surface area (Å²) in [6, 6.07) is 8.32. The van der Waals surface area contributed by atoms with Gasteiger partial charge in [-0.15, -0.1) is 0 Å². The number of rotatable bonds is 8. The van der Waals surface area contributed by atoms with E-state index in [4.69, 9.17) is 28.2 Å². The van der Waals surface area contributed by atoms with Gasteiger partial charge in [-0.2, -0.15) is 4.98 Å². The molecule has 10 nitrogen and oxygen atoms in total. The number of methoxy groups -OCH3 is 5. The molecule has 3 aromatic rings. The largest absolute Gasteiger partial charge is 0.493 e. The predicted octanol–water partition coefficient (Wildman–Crippen LogP) is 3.76. The molecule has 34 heavy (non-hydrogen) atoms. The normalized spacial score (nSPS) is 15.2. The standard InChI is InChI=1S/C24H27N3O7/c1-29-17-9-8-14(11-18(17)30-2)22-25-23(34-26-22)16-7-6-10-27(16)24(28)15-12-19(31-3)21(33-5)20(13-15)32-4/h8-9,11-13,16H,6-7,10H2,1-5H3. The van der Waals surface area contributed by atoms with Gasteiger partial charge in [0.25, 0.3) is 5.91 Å². The molecule has 1 amide bonds. The van der Waals surface area contributed by atoms with Crippen LogP contribution in [0.5, 0.6) is 28.7 Å². The van der Waals surface area contributed by atoms with E-state index in [1.807, 2.05) is 6.07 Å². The maximum absolute atomic E-state index is 13.5. The van der Waals surface area contributed by atoms with Gasteiger partial charge in [-0.1, -0.05) is 5.16 Å². The number of hydrogen-bond donors (Lipinski definition) is 0. The molecule has 0 bridgehead atoms. The topological polar surface area (TPSA) is 105 Å². The Labute approximate surface area is 197 Å². The third-order valence-electron chi connectivity index (χ3n) is 5.79. The Hall–Kier alpha value is -3.95. The quantitative estimate of drug-likeness (QED) is 0.487. The summed E-state index contributed by atoms with van der Waals surface area (Å²) in [5.41, 5.74) is 1.13. The minimum absolute atomic E-state index is 0.187. The first-order valence-corrected chi connectivity index (χ1v) is 10.7. The van der Waals surface area contributed by atoms with Gasteiger partial charge in [-0.05, 0) is 43.2 Å². The minimum atomic E-state index is -0.340. The van der Waals surface area contributed by atoms with E-state index < -0.39 is 0 Å². The number of carbonyl (C=O) groups excluding carboxylic acids is 1. The molecule has 0 spiro atoms. The van der Waals surface area contributed by atoms with Gasteiger partial charge in [-0.25, -0.2) is 0 Å². The molecule has 1 saturated heterocycles. The first kappa shape index (κ1) is 23.2. The summed E-state index contributed by atoms with van der Waals surface area (Å²) in [6.45, 7) is 0.564. The number of benzene rings is 2. The van der Waals surface area contributed by atoms with Gasteiger partial charge >= 0.3 is 0 Å². The number of nitrogens with zero attached hydrogens (tertiary/aromatic N) is 3. The molecule has 180 valence electrons. The highest BCUT2D eigenvalue weighted by Crippen LogP contribution is 2.40. The van der Waals surface area contributed by atoms with Crippen LogP contribution in [0.25, 0.3) is 11.4 Å². The zero-order valence-corrected chi connectivity index (χ0v) is 19.8. The summed E-state index contributed by atoms with van der Waals surface area (Å²) in [5, 5.41) is 4.13. The van der Waals surface area contributed by atoms with Crippen LogP contribution in [0.2, 0.25) is 0 Å². The Kier molecular flexibility index (Phi) is 6.76. The summed E-state index contributed by atoms with van der Waals surface area (Å²) in [4.78, 5) is 19.8. The lowest BCUT2D eigenvalue weighted by Crippen LogP contribution is -2.30. The van der Waals surface area contributed by atoms with Crippen LogP contribution in [0.3, 0.4) is 0 Å². The SMILES string of the molecule is COc1ccc(-c2noc(C3CCCN3C(=O)c3cc(OC)c(OC)c(OC)c3)n2)cc1OC. The van der Waals surface area contributed by atoms with E-state index in [0.29, 0.717) is 64.6 Å². The fourth-order valence-corrected chi connectivity index (χ4v) is 4.10. The van der Waals surface area contributed by atoms with Crippen molar-refractivity contribution in [3.8, 4) is 40.1 Å². The van der Waals surface area contributed by atoms with Gasteiger partial charge in [0.2, 0.25) is 17.5 Å². The number of carbonyl (C=O) groups is 1. The molecule has 1 fully saturated rings. The summed E-state index contributed by atoms with van der Waals surface area (Å²) >= 11 is 0. The van der Waals surface area contributed by atoms with Crippen LogP contribution in [-0.2, 0) is 0 Å². The van der Waals surface area contributed by atoms with E-state index in [0.717, 1.165) is 6.42 Å². The maximum Gasteiger partial charge on any atom is 0.254 e. The van der Waals surface area contributed by atoms with E-state index >= 15 is 0 Å². The molecule has 0 aliphatic carbocycles. The number of likely N-dealkylation sites (tertiary alicyclic amines) is 1. The molecule has 0 saturated carbocycles. The Morgan fingerprint density at radius 2 is 1.59 bits per heavy atom. The maximum atomic E-state index is 13.5. The van der Waals surface area contributed by atoms with Crippen LogP contribution in [-0.4, -0.2) is 63.0 Å². The highest BCUT2D eigenvalue weighted by molar-refractivity contribution is 5.96. The first-order chi connectivity index (χ1) is 16.5. The highest BCUT2D eigenvalue weighted by atomic mass is 16.5. The molecule has 1 aromatic heterocycles. The van der Waals surface area contributed by atoms with Crippen LogP contribution < -0.4 is 23.7 Å². The van der Waals surface area contributed by atoms with Crippen molar-refractivity contribution < 1.29 is 33.0 Å². The Balaban J connectivity index is 1.62. The van der Waals surface area contributed by atoms with Gasteiger partial charge in [0.15, 0.2) is 23.0 Å². The van der Waals surface area contributed by atoms with Gasteiger partial charge in [0.1, 0.15) is 6.04 Å². The van der Waals surface area contributed by atoms with Crippen LogP contribution in [0.15, 0.2) is 34.9 Å². The fourth-order valence-electron chi connectivity index (χ4n) is 4.10. The summed E-state index contributed by atoms with van der Waals surface area (Å²) in [7, 11) is 7.68. The molecule has 1 atom stereocenters. The summed E-state index contributed by atoms with van der Waals surface area (Å²) in [5.74, 6) is 3.01. The van der Waals surface area contributed by atoms with E-state index in [1.165, 1.54) is 21.3 Å². The molecular formula is C24H27N3O7. The van der Waals surface area contributed by atoms with Crippen molar-refractivity contribution in [3.05, 3.63) is 41.8 Å². The lowest BCUT2D eigenvalue weighted by molar-refractivity contribution is 0.0709. The lowest BCUT2D eigenvalue weighted by atomic mass is 10.1. The van der Waals surface area contributed by atoms with Crippen molar-refractivity contribution in [3.63, 3.8) is 0 Å². The Morgan fingerprint density at radius 1 is 0.912 bits per heavy atom. The second-order valence-electron chi connectivity index (χ2n) is 7.60. The van der Waals surface area contributed by atoms with Crippen molar-refractivity contribution >= 4 is 5.91 Å². The average molecular weight is 469 g/mol. The van der Waals surface area contributed by atoms with E-state index in [9.17, 15) is 4.79 Å². The zero-order valence-electron chi connectivity index (χ0n) is 19.8. The molecule has 2 heterocycles. The molecular weight excluding hydrogens is 442 g/mol. The van der Waals surface area contributed by atoms with Crippen molar-refractivity contribution in [1.82, 2.24) is 15.0 Å². The zero-order chi connectivity index (χ0) is 24.2. The van der Waals surface area contributed by atoms with Crippen LogP contribution in [0, 0.1) is 0 Å². The predicted molar refractivity (Wildman–Crippen MR) is 122 cm³/mol. The number of amides is 1. The number of hydrogen-bond acceptors (Lipinski definition) is 9. The van der Waals surface area contributed by atoms with E-state index in [1.54, 1.807) is 43.4 Å². The smallest absolute Gasteiger partial charge is 0.254 e. The van der Waals surface area contributed by atoms with E-state index in [2.05, 4.69) is 10.1 Å². The molecule has 1 aliphatic rings. The first-order valence-electron chi connectivity index (χ1n) is 10.7. The fraction of sp³-hybridized carbons (Fsp3) is 0.375. The van der Waals surface area contributed by atoms with Crippen molar-refractivity contribution in [2.24, 2.45) is 0 Å². The number of aromatic nitrogens is 2. The third kappa shape index (κ3) is 4.18. The molecule has 0 N–H and O–H groups in total. The van der Waals surface area contributed by atoms with Crippen molar-refractivity contribution in [2.45, 2.75) is 18.9 Å². The molecule has 10 heteroatoms. The van der Waals surface area contributed by atoms with Crippen molar-refractivity contribution in [2.75, 3.05) is 42.1 Å². The second-order valence-corrected chi connectivity index (χ2v) is 7.60. The average Bonchev–Trinajstić information content (AvgIpc) is 3.56. The lowest BCUT2D eigenvalue weighted by Gasteiger charge is -2.23. The van der Waals surface area contributed by atoms with Crippen LogP contribution in [0.4, 0.5) is 0 Å². The van der Waals surface area contributed by atoms with Gasteiger partial charge in [0.05, 0.1) is 35.5 Å². The number of ether oxygens (including phenoxy) is 5. The van der Waals surface area contributed by atoms with Crippen LogP contribution in [0.1, 0.15) is 35.1 Å². The molecule has 1 unspecified atom stereocenters. The molecule has 1 aliphatic heterocycles. The second kappa shape index (κ2) is 9.90. The monoisotopic (exact) mass is 469 g/mol. The van der Waals surface area contributed by atoms with Crippen molar-refractivity contribution in [1.29, 1.82) is 0 Å². The van der Waals surface area contributed by atoms with Gasteiger partial charge in [0, 0.05) is 17.7 Å². The highest BCUT2D eigenvalue weighted by Gasteiger charge is 2.35. The third-order valence-corrected chi connectivity index (χ3v) is 5.79. The molecule has 0 radical (unpaired) electrons. The molecule has 2 aromatic carbocycles. The Morgan fingerprint density at radius 3 is 2.21 bits per heavy atom. The van der Waals surface area contributed by atoms with Gasteiger partial charge in [-0.3, -0.25) is 4.79 Å². The summed E-state index contributed by atoms with van der Waals surface area (Å²) in [6.07, 6.45) is 1.53. The van der Waals surface area contributed by atoms with Crippen LogP contribution >= 0.6 is 0 Å². The molecule has 4 rings (SSSR count). The Bertz CT molecular complexity index is 1150. The minimum Gasteiger partial charge on any atom is -0.493 e. The van der Waals surface area contributed by atoms with E-state index in [-0.39, 0.29) is 11.9 Å².